The third-order valence-electron chi connectivity index (χ3n) is 7.42. The van der Waals surface area contributed by atoms with Crippen molar-refractivity contribution in [3.05, 3.63) is 43.7 Å². The summed E-state index contributed by atoms with van der Waals surface area (Å²) in [5, 5.41) is 88.5. The van der Waals surface area contributed by atoms with Gasteiger partial charge in [0.2, 0.25) is 12.8 Å². The molecular formula is C31H36I6N6O14. The van der Waals surface area contributed by atoms with Gasteiger partial charge in [-0.15, -0.1) is 0 Å². The fourth-order valence-electron chi connectivity index (χ4n) is 4.95. The van der Waals surface area contributed by atoms with E-state index in [1.165, 1.54) is 0 Å². The number of nitrogens with one attached hydrogen (secondary N) is 4. The minimum absolute atomic E-state index is 0.000386. The number of hydrogen-bond donors (Lipinski definition) is 12. The lowest BCUT2D eigenvalue weighted by Crippen LogP contribution is -2.41. The number of hydrogen-bond acceptors (Lipinski definition) is 14. The molecule has 57 heavy (non-hydrogen) atoms. The van der Waals surface area contributed by atoms with Gasteiger partial charge in [-0.2, -0.15) is 0 Å². The van der Waals surface area contributed by atoms with Crippen molar-refractivity contribution in [3.63, 3.8) is 0 Å². The van der Waals surface area contributed by atoms with Crippen molar-refractivity contribution >= 4 is 183 Å². The van der Waals surface area contributed by atoms with Crippen LogP contribution in [0.1, 0.15) is 47.9 Å². The van der Waals surface area contributed by atoms with Crippen molar-refractivity contribution in [2.45, 2.75) is 31.1 Å². The summed E-state index contributed by atoms with van der Waals surface area (Å²) in [5.74, 6) is -3.26. The van der Waals surface area contributed by atoms with Crippen LogP contribution < -0.4 is 31.1 Å². The van der Waals surface area contributed by atoms with Crippen molar-refractivity contribution < 1.29 is 69.6 Å². The summed E-state index contributed by atoms with van der Waals surface area (Å²) < 4.78 is 0.772. The Morgan fingerprint density at radius 2 is 0.825 bits per heavy atom. The Balaban J connectivity index is 2.58. The molecule has 4 unspecified atom stereocenters. The predicted octanol–water partition coefficient (Wildman–Crippen LogP) is -1.42. The summed E-state index contributed by atoms with van der Waals surface area (Å²) in [5.41, 5.74) is -0.449. The highest BCUT2D eigenvalue weighted by molar-refractivity contribution is 14.1. The van der Waals surface area contributed by atoms with Crippen LogP contribution in [0.4, 0.5) is 11.4 Å². The molecule has 0 saturated heterocycles. The number of amides is 6. The molecule has 2 rings (SSSR count). The molecule has 4 atom stereocenters. The standard InChI is InChI=1S/C31H36I6N6O14/c32-20-16(28(54)38-1-3-44)22(34)26(24(36)18(20)30(56)40-14(52)8-46)42(10-48)6-12(50)5-13(51)7-43(11-49)27-23(35)17(29(55)39-2-4-45)21(33)19(25(27)37)31(57)41-15(53)9-47/h10-15,44-47,50-53H,1-9H2,(H,38,54)(H,39,55)(H,40,56)(H,41,57). The average molecular weight is 1480 g/mol. The minimum Gasteiger partial charge on any atom is -0.395 e. The fourth-order valence-corrected chi connectivity index (χ4v) is 14.5. The van der Waals surface area contributed by atoms with Crippen LogP contribution in [0, 0.1) is 21.4 Å². The number of aliphatic hydroxyl groups excluding tert-OH is 8. The number of benzene rings is 2. The third-order valence-corrected chi connectivity index (χ3v) is 13.8. The van der Waals surface area contributed by atoms with E-state index in [0.717, 1.165) is 9.80 Å². The van der Waals surface area contributed by atoms with E-state index in [4.69, 9.17) is 0 Å². The van der Waals surface area contributed by atoms with Gasteiger partial charge in [0.25, 0.3) is 23.6 Å². The Labute approximate surface area is 406 Å². The zero-order chi connectivity index (χ0) is 43.3. The Hall–Kier alpha value is -0.680. The van der Waals surface area contributed by atoms with E-state index in [1.807, 2.05) is 0 Å². The molecule has 0 radical (unpaired) electrons. The van der Waals surface area contributed by atoms with Crippen molar-refractivity contribution in [2.75, 3.05) is 62.4 Å². The summed E-state index contributed by atoms with van der Waals surface area (Å²) in [6.07, 6.45) is -6.19. The van der Waals surface area contributed by atoms with Crippen LogP contribution in [0.3, 0.4) is 0 Å². The summed E-state index contributed by atoms with van der Waals surface area (Å²) in [6.45, 7) is -3.80. The lowest BCUT2D eigenvalue weighted by molar-refractivity contribution is -0.108. The average Bonchev–Trinajstić information content (AvgIpc) is 3.14. The first-order valence-electron chi connectivity index (χ1n) is 16.0. The third kappa shape index (κ3) is 13.7. The second-order valence-corrected chi connectivity index (χ2v) is 17.9. The topological polar surface area (TPSA) is 319 Å². The van der Waals surface area contributed by atoms with Gasteiger partial charge in [-0.05, 0) is 136 Å². The van der Waals surface area contributed by atoms with E-state index < -0.39 is 94.2 Å². The maximum Gasteiger partial charge on any atom is 0.255 e. The van der Waals surface area contributed by atoms with E-state index >= 15 is 0 Å². The number of anilines is 2. The minimum atomic E-state index is -1.67. The predicted molar refractivity (Wildman–Crippen MR) is 253 cm³/mol. The van der Waals surface area contributed by atoms with E-state index in [0.29, 0.717) is 12.8 Å². The second kappa shape index (κ2) is 25.3. The molecule has 0 aromatic heterocycles. The monoisotopic (exact) mass is 1480 g/mol. The largest absolute Gasteiger partial charge is 0.395 e. The van der Waals surface area contributed by atoms with Gasteiger partial charge in [0.1, 0.15) is 12.5 Å². The maximum atomic E-state index is 13.3. The SMILES string of the molecule is O=CN(CC(O)CC(O)CN(C=O)c1c(I)c(C(=O)NCCO)c(I)c(C(=O)NC(O)CO)c1I)c1c(I)c(C(=O)NCCO)c(I)c(C(=O)NC(O)CO)c1I. The molecule has 0 heterocycles. The smallest absolute Gasteiger partial charge is 0.255 e. The lowest BCUT2D eigenvalue weighted by atomic mass is 10.0. The molecule has 0 aliphatic carbocycles. The molecule has 20 nitrogen and oxygen atoms in total. The van der Waals surface area contributed by atoms with Crippen molar-refractivity contribution in [3.8, 4) is 0 Å². The Kier molecular flexibility index (Phi) is 23.3. The van der Waals surface area contributed by atoms with Crippen LogP contribution in [0.2, 0.25) is 0 Å². The normalized spacial score (nSPS) is 13.2. The molecule has 316 valence electrons. The zero-order valence-electron chi connectivity index (χ0n) is 29.0. The van der Waals surface area contributed by atoms with E-state index in [9.17, 15) is 69.6 Å². The first-order valence-corrected chi connectivity index (χ1v) is 22.5. The fraction of sp³-hybridized carbons (Fsp3) is 0.419. The molecule has 0 aliphatic rings. The Morgan fingerprint density at radius 1 is 0.526 bits per heavy atom. The van der Waals surface area contributed by atoms with E-state index in [2.05, 4.69) is 21.3 Å². The van der Waals surface area contributed by atoms with Crippen molar-refractivity contribution in [2.24, 2.45) is 0 Å². The molecule has 2 aromatic carbocycles. The molecule has 6 amide bonds. The number of aliphatic hydroxyl groups is 8. The number of carbonyl (C=O) groups excluding carboxylic acids is 6. The van der Waals surface area contributed by atoms with Gasteiger partial charge in [0, 0.05) is 26.7 Å². The summed E-state index contributed by atoms with van der Waals surface area (Å²) >= 11 is 10.5. The Morgan fingerprint density at radius 3 is 1.09 bits per heavy atom. The molecular weight excluding hydrogens is 1440 g/mol. The van der Waals surface area contributed by atoms with Crippen LogP contribution in [-0.4, -0.2) is 155 Å². The highest BCUT2D eigenvalue weighted by Gasteiger charge is 2.34. The van der Waals surface area contributed by atoms with Gasteiger partial charge in [-0.3, -0.25) is 28.8 Å². The molecule has 0 bridgehead atoms. The maximum absolute atomic E-state index is 13.3. The molecule has 0 aliphatic heterocycles. The quantitative estimate of drug-likeness (QED) is 0.0366. The first-order chi connectivity index (χ1) is 26.9. The molecule has 2 aromatic rings. The van der Waals surface area contributed by atoms with Crippen LogP contribution in [0.15, 0.2) is 0 Å². The molecule has 0 spiro atoms. The van der Waals surface area contributed by atoms with Crippen molar-refractivity contribution in [1.29, 1.82) is 0 Å². The van der Waals surface area contributed by atoms with Crippen molar-refractivity contribution in [1.82, 2.24) is 21.3 Å². The van der Waals surface area contributed by atoms with Crippen LogP contribution in [0.25, 0.3) is 0 Å². The highest BCUT2D eigenvalue weighted by Crippen LogP contribution is 2.39. The van der Waals surface area contributed by atoms with Crippen LogP contribution in [0.5, 0.6) is 0 Å². The number of carbonyl (C=O) groups is 6. The second-order valence-electron chi connectivity index (χ2n) is 11.4. The zero-order valence-corrected chi connectivity index (χ0v) is 42.0. The summed E-state index contributed by atoms with van der Waals surface area (Å²) in [6, 6.07) is 0. The molecule has 26 heteroatoms. The summed E-state index contributed by atoms with van der Waals surface area (Å²) in [4.78, 5) is 80.1. The van der Waals surface area contributed by atoms with Gasteiger partial charge in [-0.25, -0.2) is 0 Å². The summed E-state index contributed by atoms with van der Waals surface area (Å²) in [7, 11) is 0. The van der Waals surface area contributed by atoms with Gasteiger partial charge < -0.3 is 71.9 Å². The van der Waals surface area contributed by atoms with Gasteiger partial charge in [-0.1, -0.05) is 0 Å². The van der Waals surface area contributed by atoms with E-state index in [-0.39, 0.29) is 68.1 Å². The molecule has 0 saturated carbocycles. The van der Waals surface area contributed by atoms with Gasteiger partial charge >= 0.3 is 0 Å². The van der Waals surface area contributed by atoms with Crippen LogP contribution in [-0.2, 0) is 9.59 Å². The number of nitrogens with zero attached hydrogens (tertiary/aromatic N) is 2. The Bertz CT molecular complexity index is 1700. The van der Waals surface area contributed by atoms with Gasteiger partial charge in [0.05, 0.1) is 99.6 Å². The highest BCUT2D eigenvalue weighted by atomic mass is 127. The molecule has 12 N–H and O–H groups in total. The lowest BCUT2D eigenvalue weighted by Gasteiger charge is -2.29. The van der Waals surface area contributed by atoms with Gasteiger partial charge in [0.15, 0.2) is 0 Å². The number of rotatable bonds is 22. The number of halogens is 6. The first kappa shape index (κ1) is 52.5. The van der Waals surface area contributed by atoms with Crippen LogP contribution >= 0.6 is 136 Å². The van der Waals surface area contributed by atoms with E-state index in [1.54, 1.807) is 136 Å². The molecule has 0 fully saturated rings.